The van der Waals surface area contributed by atoms with Crippen LogP contribution in [-0.4, -0.2) is 36.8 Å². The van der Waals surface area contributed by atoms with Gasteiger partial charge in [0.2, 0.25) is 5.75 Å². The van der Waals surface area contributed by atoms with Crippen LogP contribution in [0, 0.1) is 0 Å². The van der Waals surface area contributed by atoms with E-state index >= 15 is 0 Å². The number of carbonyl (C=O) groups excluding carboxylic acids is 1. The summed E-state index contributed by atoms with van der Waals surface area (Å²) in [6.07, 6.45) is 4.47. The Morgan fingerprint density at radius 1 is 1.10 bits per heavy atom. The van der Waals surface area contributed by atoms with Crippen LogP contribution in [0.3, 0.4) is 0 Å². The van der Waals surface area contributed by atoms with E-state index in [0.717, 1.165) is 32.1 Å². The fourth-order valence-corrected chi connectivity index (χ4v) is 4.57. The number of carbonyl (C=O) groups is 1. The Kier molecular flexibility index (Phi) is 5.58. The molecule has 0 saturated heterocycles. The molecule has 3 aromatic rings. The van der Waals surface area contributed by atoms with Crippen LogP contribution >= 0.6 is 15.9 Å². The number of hydrogen-bond donors (Lipinski definition) is 1. The van der Waals surface area contributed by atoms with Crippen LogP contribution in [0.1, 0.15) is 23.6 Å². The SMILES string of the molecule is COc1cc(C2=CN(C(N)=O)C(c3cn(C)c4ccc(Br)cc34)C2)cc(OC)c1OC. The molecule has 1 unspecified atom stereocenters. The van der Waals surface area contributed by atoms with Gasteiger partial charge in [0.1, 0.15) is 0 Å². The lowest BCUT2D eigenvalue weighted by Gasteiger charge is -2.21. The van der Waals surface area contributed by atoms with Crippen molar-refractivity contribution < 1.29 is 19.0 Å². The molecule has 0 saturated carbocycles. The summed E-state index contributed by atoms with van der Waals surface area (Å²) in [5.41, 5.74) is 9.72. The molecule has 2 aromatic carbocycles. The van der Waals surface area contributed by atoms with Gasteiger partial charge in [-0.05, 0) is 47.9 Å². The smallest absolute Gasteiger partial charge is 0.319 e. The van der Waals surface area contributed by atoms with Crippen molar-refractivity contribution in [3.63, 3.8) is 0 Å². The van der Waals surface area contributed by atoms with Gasteiger partial charge in [-0.15, -0.1) is 0 Å². The van der Waals surface area contributed by atoms with Gasteiger partial charge in [-0.3, -0.25) is 4.90 Å². The number of benzene rings is 2. The van der Waals surface area contributed by atoms with Gasteiger partial charge in [0.25, 0.3) is 0 Å². The van der Waals surface area contributed by atoms with Crippen molar-refractivity contribution in [2.75, 3.05) is 21.3 Å². The second-order valence-electron chi connectivity index (χ2n) is 7.39. The van der Waals surface area contributed by atoms with Gasteiger partial charge in [-0.2, -0.15) is 0 Å². The molecule has 1 aliphatic rings. The van der Waals surface area contributed by atoms with Crippen molar-refractivity contribution in [3.8, 4) is 17.2 Å². The number of nitrogens with two attached hydrogens (primary N) is 1. The van der Waals surface area contributed by atoms with E-state index in [1.54, 1.807) is 26.2 Å². The zero-order valence-electron chi connectivity index (χ0n) is 17.8. The van der Waals surface area contributed by atoms with Gasteiger partial charge in [0.05, 0.1) is 27.4 Å². The Morgan fingerprint density at radius 2 is 1.77 bits per heavy atom. The first-order valence-electron chi connectivity index (χ1n) is 9.71. The molecule has 0 spiro atoms. The number of nitrogens with zero attached hydrogens (tertiary/aromatic N) is 2. The zero-order valence-corrected chi connectivity index (χ0v) is 19.4. The maximum atomic E-state index is 12.3. The number of rotatable bonds is 5. The second-order valence-corrected chi connectivity index (χ2v) is 8.31. The average molecular weight is 486 g/mol. The molecule has 1 aliphatic heterocycles. The van der Waals surface area contributed by atoms with E-state index in [2.05, 4.69) is 38.8 Å². The summed E-state index contributed by atoms with van der Waals surface area (Å²) in [4.78, 5) is 13.9. The predicted molar refractivity (Wildman–Crippen MR) is 123 cm³/mol. The lowest BCUT2D eigenvalue weighted by molar-refractivity contribution is 0.214. The molecule has 7 nitrogen and oxygen atoms in total. The van der Waals surface area contributed by atoms with E-state index in [4.69, 9.17) is 19.9 Å². The van der Waals surface area contributed by atoms with Gasteiger partial charge in [0, 0.05) is 40.4 Å². The molecule has 1 atom stereocenters. The van der Waals surface area contributed by atoms with Crippen LogP contribution in [0.4, 0.5) is 4.79 Å². The van der Waals surface area contributed by atoms with Crippen molar-refractivity contribution in [2.45, 2.75) is 12.5 Å². The minimum atomic E-state index is -0.501. The molecular formula is C23H24BrN3O4. The van der Waals surface area contributed by atoms with E-state index in [-0.39, 0.29) is 6.04 Å². The fraction of sp³-hybridized carbons (Fsp3) is 0.261. The number of primary amides is 1. The number of fused-ring (bicyclic) bond motifs is 1. The number of ether oxygens (including phenoxy) is 3. The van der Waals surface area contributed by atoms with Crippen molar-refractivity contribution in [2.24, 2.45) is 12.8 Å². The Hall–Kier alpha value is -3.13. The van der Waals surface area contributed by atoms with Crippen molar-refractivity contribution >= 4 is 38.4 Å². The molecule has 0 fully saturated rings. The first-order chi connectivity index (χ1) is 14.9. The normalized spacial score (nSPS) is 15.8. The topological polar surface area (TPSA) is 79.0 Å². The number of urea groups is 1. The number of aryl methyl sites for hydroxylation is 1. The molecule has 162 valence electrons. The lowest BCUT2D eigenvalue weighted by atomic mass is 9.97. The van der Waals surface area contributed by atoms with E-state index in [1.165, 1.54) is 0 Å². The number of aromatic nitrogens is 1. The molecular weight excluding hydrogens is 462 g/mol. The van der Waals surface area contributed by atoms with Crippen molar-refractivity contribution in [1.82, 2.24) is 9.47 Å². The van der Waals surface area contributed by atoms with Crippen LogP contribution in [-0.2, 0) is 7.05 Å². The maximum Gasteiger partial charge on any atom is 0.319 e. The molecule has 2 amide bonds. The second kappa shape index (κ2) is 8.19. The fourth-order valence-electron chi connectivity index (χ4n) is 4.21. The van der Waals surface area contributed by atoms with Crippen LogP contribution in [0.5, 0.6) is 17.2 Å². The Morgan fingerprint density at radius 3 is 2.35 bits per heavy atom. The summed E-state index contributed by atoms with van der Waals surface area (Å²) < 4.78 is 19.5. The molecule has 2 N–H and O–H groups in total. The van der Waals surface area contributed by atoms with Crippen molar-refractivity contribution in [1.29, 1.82) is 0 Å². The largest absolute Gasteiger partial charge is 0.493 e. The third kappa shape index (κ3) is 3.61. The molecule has 31 heavy (non-hydrogen) atoms. The molecule has 2 heterocycles. The van der Waals surface area contributed by atoms with Gasteiger partial charge < -0.3 is 24.5 Å². The van der Waals surface area contributed by atoms with E-state index in [0.29, 0.717) is 23.7 Å². The highest BCUT2D eigenvalue weighted by molar-refractivity contribution is 9.10. The average Bonchev–Trinajstić information content (AvgIpc) is 3.34. The summed E-state index contributed by atoms with van der Waals surface area (Å²) in [6.45, 7) is 0. The van der Waals surface area contributed by atoms with Gasteiger partial charge >= 0.3 is 6.03 Å². The highest BCUT2D eigenvalue weighted by Gasteiger charge is 2.33. The van der Waals surface area contributed by atoms with E-state index in [9.17, 15) is 4.79 Å². The molecule has 4 rings (SSSR count). The molecule has 0 bridgehead atoms. The summed E-state index contributed by atoms with van der Waals surface area (Å²) >= 11 is 3.56. The first-order valence-corrected chi connectivity index (χ1v) is 10.5. The summed E-state index contributed by atoms with van der Waals surface area (Å²) in [5, 5.41) is 1.08. The zero-order chi connectivity index (χ0) is 22.3. The highest BCUT2D eigenvalue weighted by atomic mass is 79.9. The van der Waals surface area contributed by atoms with Crippen molar-refractivity contribution in [3.05, 3.63) is 58.3 Å². The minimum Gasteiger partial charge on any atom is -0.493 e. The Balaban J connectivity index is 1.80. The summed E-state index contributed by atoms with van der Waals surface area (Å²) in [7, 11) is 6.72. The first kappa shape index (κ1) is 21.1. The lowest BCUT2D eigenvalue weighted by Crippen LogP contribution is -2.32. The molecule has 1 aromatic heterocycles. The van der Waals surface area contributed by atoms with Crippen LogP contribution in [0.15, 0.2) is 47.2 Å². The number of hydrogen-bond acceptors (Lipinski definition) is 4. The Bertz CT molecular complexity index is 1180. The third-order valence-corrected chi connectivity index (χ3v) is 6.17. The summed E-state index contributed by atoms with van der Waals surface area (Å²) in [5.74, 6) is 1.64. The molecule has 8 heteroatoms. The molecule has 0 radical (unpaired) electrons. The number of amides is 2. The van der Waals surface area contributed by atoms with Crippen LogP contribution in [0.25, 0.3) is 16.5 Å². The summed E-state index contributed by atoms with van der Waals surface area (Å²) in [6, 6.07) is 9.18. The Labute approximate surface area is 189 Å². The highest BCUT2D eigenvalue weighted by Crippen LogP contribution is 2.46. The number of methoxy groups -OCH3 is 3. The predicted octanol–water partition coefficient (Wildman–Crippen LogP) is 4.83. The molecule has 0 aliphatic carbocycles. The maximum absolute atomic E-state index is 12.3. The number of halogens is 1. The van der Waals surface area contributed by atoms with Crippen LogP contribution in [0.2, 0.25) is 0 Å². The van der Waals surface area contributed by atoms with Crippen LogP contribution < -0.4 is 19.9 Å². The minimum absolute atomic E-state index is 0.218. The monoisotopic (exact) mass is 485 g/mol. The van der Waals surface area contributed by atoms with E-state index in [1.807, 2.05) is 31.4 Å². The van der Waals surface area contributed by atoms with E-state index < -0.39 is 6.03 Å². The third-order valence-electron chi connectivity index (χ3n) is 5.68. The van der Waals surface area contributed by atoms with Gasteiger partial charge in [0.15, 0.2) is 11.5 Å². The quantitative estimate of drug-likeness (QED) is 0.560. The van der Waals surface area contributed by atoms with Gasteiger partial charge in [-0.1, -0.05) is 15.9 Å². The van der Waals surface area contributed by atoms with Gasteiger partial charge in [-0.25, -0.2) is 4.79 Å². The standard InChI is InChI=1S/C23H24BrN3O4/c1-26-12-17(16-10-15(24)5-6-18(16)26)19-7-14(11-27(19)23(25)28)13-8-20(29-2)22(31-4)21(9-13)30-3/h5-6,8-12,19H,7H2,1-4H3,(H2,25,28).